The van der Waals surface area contributed by atoms with Crippen LogP contribution in [0.4, 0.5) is 0 Å². The maximum Gasteiger partial charge on any atom is 0.223 e. The van der Waals surface area contributed by atoms with Crippen molar-refractivity contribution in [3.63, 3.8) is 0 Å². The van der Waals surface area contributed by atoms with E-state index in [4.69, 9.17) is 16.3 Å². The number of rotatable bonds is 8. The van der Waals surface area contributed by atoms with Crippen molar-refractivity contribution in [1.29, 1.82) is 0 Å². The first-order valence-corrected chi connectivity index (χ1v) is 13.0. The number of hydrogen-bond acceptors (Lipinski definition) is 5. The minimum absolute atomic E-state index is 0.250. The van der Waals surface area contributed by atoms with Crippen LogP contribution in [-0.4, -0.2) is 30.2 Å². The van der Waals surface area contributed by atoms with Gasteiger partial charge in [-0.05, 0) is 67.1 Å². The number of nitrogens with zero attached hydrogens (tertiary/aromatic N) is 2. The summed E-state index contributed by atoms with van der Waals surface area (Å²) in [4.78, 5) is 13.9. The molecule has 0 aliphatic carbocycles. The smallest absolute Gasteiger partial charge is 0.223 e. The fourth-order valence-corrected chi connectivity index (χ4v) is 5.38. The van der Waals surface area contributed by atoms with E-state index >= 15 is 0 Å². The van der Waals surface area contributed by atoms with Gasteiger partial charge in [0, 0.05) is 23.4 Å². The summed E-state index contributed by atoms with van der Waals surface area (Å²) in [5.74, 6) is 0.441. The van der Waals surface area contributed by atoms with Crippen LogP contribution in [0, 0.1) is 26.7 Å². The van der Waals surface area contributed by atoms with E-state index in [1.807, 2.05) is 12.1 Å². The van der Waals surface area contributed by atoms with Gasteiger partial charge in [-0.1, -0.05) is 37.6 Å². The van der Waals surface area contributed by atoms with Crippen molar-refractivity contribution in [2.24, 2.45) is 5.92 Å². The van der Waals surface area contributed by atoms with Crippen molar-refractivity contribution in [3.8, 4) is 5.88 Å². The summed E-state index contributed by atoms with van der Waals surface area (Å²) in [5.41, 5.74) is 3.46. The molecule has 3 aromatic rings. The Bertz CT molecular complexity index is 1290. The molecule has 0 N–H and O–H groups in total. The molecule has 0 bridgehead atoms. The summed E-state index contributed by atoms with van der Waals surface area (Å²) in [6.07, 6.45) is 2.71. The maximum absolute atomic E-state index is 13.6. The fraction of sp³-hybridized carbons (Fsp3) is 0.360. The van der Waals surface area contributed by atoms with Crippen LogP contribution in [0.5, 0.6) is 5.88 Å². The van der Waals surface area contributed by atoms with Gasteiger partial charge in [0.2, 0.25) is 5.88 Å². The van der Waals surface area contributed by atoms with Gasteiger partial charge < -0.3 is 4.74 Å². The standard InChI is InChI=1S/C25H29ClN2O4S/c1-15(2)13-28-25(32-14-19-7-9-20(26)10-8-19)22(12-27-28)23(29)21-11-16(3)24(33(6,30)31)18(5)17(21)4/h7-12,15H,13-14H2,1-6H3. The zero-order valence-corrected chi connectivity index (χ0v) is 21.3. The third-order valence-corrected chi connectivity index (χ3v) is 7.13. The third-order valence-electron chi connectivity index (χ3n) is 5.50. The number of ketones is 1. The second-order valence-corrected chi connectivity index (χ2v) is 11.2. The van der Waals surface area contributed by atoms with E-state index in [9.17, 15) is 13.2 Å². The van der Waals surface area contributed by atoms with Gasteiger partial charge in [-0.2, -0.15) is 5.10 Å². The third kappa shape index (κ3) is 5.47. The number of sulfone groups is 1. The van der Waals surface area contributed by atoms with E-state index in [0.29, 0.717) is 51.2 Å². The van der Waals surface area contributed by atoms with Gasteiger partial charge in [0.15, 0.2) is 15.6 Å². The van der Waals surface area contributed by atoms with Crippen LogP contribution in [-0.2, 0) is 23.0 Å². The van der Waals surface area contributed by atoms with Crippen LogP contribution in [0.1, 0.15) is 52.0 Å². The summed E-state index contributed by atoms with van der Waals surface area (Å²) in [6, 6.07) is 8.96. The lowest BCUT2D eigenvalue weighted by Gasteiger charge is -2.16. The first kappa shape index (κ1) is 25.0. The molecule has 1 aromatic heterocycles. The molecule has 8 heteroatoms. The van der Waals surface area contributed by atoms with Gasteiger partial charge in [0.05, 0.1) is 11.1 Å². The lowest BCUT2D eigenvalue weighted by Crippen LogP contribution is -2.13. The molecule has 6 nitrogen and oxygen atoms in total. The first-order valence-electron chi connectivity index (χ1n) is 10.7. The molecule has 0 radical (unpaired) electrons. The molecule has 3 rings (SSSR count). The summed E-state index contributed by atoms with van der Waals surface area (Å²) in [6.45, 7) is 10.2. The second kappa shape index (κ2) is 9.69. The molecule has 0 saturated carbocycles. The highest BCUT2D eigenvalue weighted by Crippen LogP contribution is 2.30. The molecular weight excluding hydrogens is 460 g/mol. The number of carbonyl (C=O) groups is 1. The van der Waals surface area contributed by atoms with Crippen molar-refractivity contribution in [3.05, 3.63) is 74.9 Å². The van der Waals surface area contributed by atoms with Gasteiger partial charge in [-0.25, -0.2) is 13.1 Å². The second-order valence-electron chi connectivity index (χ2n) is 8.78. The molecular formula is C25H29ClN2O4S. The Morgan fingerprint density at radius 2 is 1.73 bits per heavy atom. The Labute approximate surface area is 200 Å². The molecule has 0 amide bonds. The summed E-state index contributed by atoms with van der Waals surface area (Å²) in [5, 5.41) is 5.05. The SMILES string of the molecule is Cc1cc(C(=O)c2cnn(CC(C)C)c2OCc2ccc(Cl)cc2)c(C)c(C)c1S(C)(=O)=O. The van der Waals surface area contributed by atoms with E-state index in [0.717, 1.165) is 5.56 Å². The van der Waals surface area contributed by atoms with Crippen LogP contribution in [0.3, 0.4) is 0 Å². The number of hydrogen-bond donors (Lipinski definition) is 0. The fourth-order valence-electron chi connectivity index (χ4n) is 3.90. The molecule has 0 saturated heterocycles. The summed E-state index contributed by atoms with van der Waals surface area (Å²) < 4.78 is 32.3. The Morgan fingerprint density at radius 1 is 1.09 bits per heavy atom. The van der Waals surface area contributed by atoms with E-state index in [1.165, 1.54) is 12.5 Å². The number of benzene rings is 2. The van der Waals surface area contributed by atoms with E-state index in [2.05, 4.69) is 18.9 Å². The number of aromatic nitrogens is 2. The summed E-state index contributed by atoms with van der Waals surface area (Å²) in [7, 11) is -3.42. The highest BCUT2D eigenvalue weighted by Gasteiger charge is 2.26. The molecule has 0 fully saturated rings. The zero-order chi connectivity index (χ0) is 24.5. The molecule has 0 aliphatic rings. The number of carbonyl (C=O) groups excluding carboxylic acids is 1. The average molecular weight is 489 g/mol. The lowest BCUT2D eigenvalue weighted by molar-refractivity contribution is 0.103. The van der Waals surface area contributed by atoms with Gasteiger partial charge in [0.25, 0.3) is 0 Å². The number of ether oxygens (including phenoxy) is 1. The van der Waals surface area contributed by atoms with Gasteiger partial charge >= 0.3 is 0 Å². The molecule has 2 aromatic carbocycles. The van der Waals surface area contributed by atoms with Crippen LogP contribution in [0.2, 0.25) is 5.02 Å². The van der Waals surface area contributed by atoms with Crippen molar-refractivity contribution in [2.45, 2.75) is 52.7 Å². The van der Waals surface area contributed by atoms with Crippen LogP contribution in [0.25, 0.3) is 0 Å². The van der Waals surface area contributed by atoms with Crippen LogP contribution < -0.4 is 4.74 Å². The number of aryl methyl sites for hydroxylation is 1. The van der Waals surface area contributed by atoms with Crippen LogP contribution in [0.15, 0.2) is 41.4 Å². The zero-order valence-electron chi connectivity index (χ0n) is 19.8. The molecule has 33 heavy (non-hydrogen) atoms. The molecule has 0 unspecified atom stereocenters. The Morgan fingerprint density at radius 3 is 2.30 bits per heavy atom. The number of halogens is 1. The van der Waals surface area contributed by atoms with Gasteiger partial charge in [-0.15, -0.1) is 0 Å². The largest absolute Gasteiger partial charge is 0.472 e. The molecule has 0 aliphatic heterocycles. The Balaban J connectivity index is 2.04. The van der Waals surface area contributed by atoms with Crippen molar-refractivity contribution >= 4 is 27.2 Å². The predicted molar refractivity (Wildman–Crippen MR) is 130 cm³/mol. The predicted octanol–water partition coefficient (Wildman–Crippen LogP) is 5.33. The van der Waals surface area contributed by atoms with E-state index in [1.54, 1.807) is 43.7 Å². The van der Waals surface area contributed by atoms with Crippen molar-refractivity contribution < 1.29 is 17.9 Å². The van der Waals surface area contributed by atoms with E-state index < -0.39 is 9.84 Å². The van der Waals surface area contributed by atoms with Crippen molar-refractivity contribution in [1.82, 2.24) is 9.78 Å². The van der Waals surface area contributed by atoms with Gasteiger partial charge in [0.1, 0.15) is 12.2 Å². The Kier molecular flexibility index (Phi) is 7.34. The quantitative estimate of drug-likeness (QED) is 0.400. The first-order chi connectivity index (χ1) is 15.4. The molecule has 176 valence electrons. The highest BCUT2D eigenvalue weighted by atomic mass is 35.5. The molecule has 1 heterocycles. The molecule has 0 spiro atoms. The minimum atomic E-state index is -3.42. The molecule has 0 atom stereocenters. The average Bonchev–Trinajstić information content (AvgIpc) is 3.10. The highest BCUT2D eigenvalue weighted by molar-refractivity contribution is 7.90. The topological polar surface area (TPSA) is 78.3 Å². The minimum Gasteiger partial charge on any atom is -0.472 e. The summed E-state index contributed by atoms with van der Waals surface area (Å²) >= 11 is 5.97. The monoisotopic (exact) mass is 488 g/mol. The van der Waals surface area contributed by atoms with E-state index in [-0.39, 0.29) is 17.3 Å². The normalized spacial score (nSPS) is 11.8. The van der Waals surface area contributed by atoms with Gasteiger partial charge in [-0.3, -0.25) is 4.79 Å². The van der Waals surface area contributed by atoms with Crippen LogP contribution >= 0.6 is 11.6 Å². The maximum atomic E-state index is 13.6. The lowest BCUT2D eigenvalue weighted by atomic mass is 9.95. The van der Waals surface area contributed by atoms with Crippen molar-refractivity contribution in [2.75, 3.05) is 6.26 Å². The Hall–Kier alpha value is -2.64.